The van der Waals surface area contributed by atoms with Gasteiger partial charge in [-0.25, -0.2) is 9.97 Å². The number of hydrogen-bond donors (Lipinski definition) is 3. The number of aromatic hydroxyl groups is 1. The van der Waals surface area contributed by atoms with Crippen LogP contribution in [0.25, 0.3) is 16.9 Å². The van der Waals surface area contributed by atoms with E-state index in [4.69, 9.17) is 9.79 Å². The second-order valence-corrected chi connectivity index (χ2v) is 8.84. The van der Waals surface area contributed by atoms with Crippen LogP contribution in [-0.4, -0.2) is 40.6 Å². The van der Waals surface area contributed by atoms with Gasteiger partial charge in [-0.05, 0) is 55.2 Å². The molecule has 27 heavy (non-hydrogen) atoms. The van der Waals surface area contributed by atoms with Gasteiger partial charge in [-0.1, -0.05) is 12.1 Å². The highest BCUT2D eigenvalue weighted by atomic mass is 31.2. The van der Waals surface area contributed by atoms with Crippen LogP contribution in [0.5, 0.6) is 5.88 Å². The van der Waals surface area contributed by atoms with Crippen molar-refractivity contribution >= 4 is 18.8 Å². The van der Waals surface area contributed by atoms with E-state index in [1.165, 1.54) is 11.9 Å². The van der Waals surface area contributed by atoms with E-state index in [2.05, 4.69) is 27.1 Å². The fourth-order valence-corrected chi connectivity index (χ4v) is 4.97. The Morgan fingerprint density at radius 3 is 2.41 bits per heavy atom. The molecular formula is C18H21N4O4P. The first-order chi connectivity index (χ1) is 12.9. The Bertz CT molecular complexity index is 990. The van der Waals surface area contributed by atoms with Crippen molar-refractivity contribution in [2.45, 2.75) is 31.6 Å². The fraction of sp³-hybridized carbons (Fsp3) is 0.389. The summed E-state index contributed by atoms with van der Waals surface area (Å²) in [4.78, 5) is 30.4. The third-order valence-corrected chi connectivity index (χ3v) is 6.29. The maximum Gasteiger partial charge on any atom is 0.325 e. The molecule has 1 aliphatic rings. The molecule has 142 valence electrons. The van der Waals surface area contributed by atoms with Gasteiger partial charge >= 0.3 is 7.60 Å². The highest BCUT2D eigenvalue weighted by Gasteiger charge is 2.27. The third-order valence-electron chi connectivity index (χ3n) is 5.30. The lowest BCUT2D eigenvalue weighted by Gasteiger charge is -2.29. The Hall–Kier alpha value is -2.28. The van der Waals surface area contributed by atoms with Crippen LogP contribution in [-0.2, 0) is 4.57 Å². The molecular weight excluding hydrogens is 367 g/mol. The van der Waals surface area contributed by atoms with Crippen LogP contribution < -0.4 is 0 Å². The van der Waals surface area contributed by atoms with E-state index in [1.807, 2.05) is 12.1 Å². The van der Waals surface area contributed by atoms with Crippen LogP contribution in [0, 0.1) is 5.92 Å². The average Bonchev–Trinajstić information content (AvgIpc) is 3.07. The normalized spacial score (nSPS) is 20.8. The zero-order valence-electron chi connectivity index (χ0n) is 14.6. The monoisotopic (exact) mass is 388 g/mol. The Kier molecular flexibility index (Phi) is 4.72. The average molecular weight is 388 g/mol. The molecule has 1 aliphatic carbocycles. The zero-order chi connectivity index (χ0) is 19.0. The van der Waals surface area contributed by atoms with E-state index in [1.54, 1.807) is 10.9 Å². The Morgan fingerprint density at radius 2 is 1.74 bits per heavy atom. The van der Waals surface area contributed by atoms with Gasteiger partial charge in [0.15, 0.2) is 11.2 Å². The summed E-state index contributed by atoms with van der Waals surface area (Å²) >= 11 is 0. The molecule has 2 heterocycles. The molecule has 9 heteroatoms. The van der Waals surface area contributed by atoms with Crippen molar-refractivity contribution in [2.24, 2.45) is 5.92 Å². The summed E-state index contributed by atoms with van der Waals surface area (Å²) < 4.78 is 13.0. The van der Waals surface area contributed by atoms with Crippen LogP contribution >= 0.6 is 7.60 Å². The molecule has 4 rings (SSSR count). The molecule has 0 saturated heterocycles. The first-order valence-electron chi connectivity index (χ1n) is 8.92. The summed E-state index contributed by atoms with van der Waals surface area (Å²) in [6, 6.07) is 8.15. The maximum absolute atomic E-state index is 11.2. The lowest BCUT2D eigenvalue weighted by atomic mass is 9.79. The highest BCUT2D eigenvalue weighted by molar-refractivity contribution is 7.51. The number of fused-ring (bicyclic) bond motifs is 1. The predicted molar refractivity (Wildman–Crippen MR) is 99.9 cm³/mol. The molecule has 2 aromatic heterocycles. The molecule has 1 fully saturated rings. The maximum atomic E-state index is 11.2. The van der Waals surface area contributed by atoms with Crippen molar-refractivity contribution in [1.82, 2.24) is 19.5 Å². The molecule has 1 aromatic carbocycles. The quantitative estimate of drug-likeness (QED) is 0.588. The van der Waals surface area contributed by atoms with Crippen molar-refractivity contribution < 1.29 is 19.5 Å². The lowest BCUT2D eigenvalue weighted by molar-refractivity contribution is 0.316. The zero-order valence-corrected chi connectivity index (χ0v) is 15.5. The molecule has 8 nitrogen and oxygen atoms in total. The van der Waals surface area contributed by atoms with Gasteiger partial charge in [0, 0.05) is 5.69 Å². The van der Waals surface area contributed by atoms with Gasteiger partial charge in [-0.2, -0.15) is 4.98 Å². The largest absolute Gasteiger partial charge is 0.492 e. The number of hydrogen-bond acceptors (Lipinski definition) is 5. The SMILES string of the molecule is O=P(O)(O)C[C@H]1CC[C@H](c2ccc(-n3cnc4c(O)ncnc43)cc2)CC1. The summed E-state index contributed by atoms with van der Waals surface area (Å²) in [7, 11) is -3.92. The molecule has 3 N–H and O–H groups in total. The van der Waals surface area contributed by atoms with E-state index in [9.17, 15) is 9.67 Å². The van der Waals surface area contributed by atoms with E-state index in [0.29, 0.717) is 17.1 Å². The summed E-state index contributed by atoms with van der Waals surface area (Å²) in [6.45, 7) is 0. The van der Waals surface area contributed by atoms with Crippen LogP contribution in [0.4, 0.5) is 0 Å². The van der Waals surface area contributed by atoms with Crippen molar-refractivity contribution in [3.63, 3.8) is 0 Å². The minimum Gasteiger partial charge on any atom is -0.492 e. The molecule has 0 atom stereocenters. The van der Waals surface area contributed by atoms with Gasteiger partial charge < -0.3 is 14.9 Å². The summed E-state index contributed by atoms with van der Waals surface area (Å²) in [5.74, 6) is 0.395. The fourth-order valence-electron chi connectivity index (χ4n) is 3.93. The lowest BCUT2D eigenvalue weighted by Crippen LogP contribution is -2.16. The van der Waals surface area contributed by atoms with Gasteiger partial charge in [0.25, 0.3) is 0 Å². The molecule has 0 radical (unpaired) electrons. The van der Waals surface area contributed by atoms with Crippen molar-refractivity contribution in [3.8, 4) is 11.6 Å². The van der Waals surface area contributed by atoms with E-state index in [-0.39, 0.29) is 18.0 Å². The summed E-state index contributed by atoms with van der Waals surface area (Å²) in [6.07, 6.45) is 6.50. The number of benzene rings is 1. The number of nitrogens with zero attached hydrogens (tertiary/aromatic N) is 4. The Balaban J connectivity index is 1.48. The Labute approximate surface area is 156 Å². The van der Waals surface area contributed by atoms with Crippen molar-refractivity contribution in [3.05, 3.63) is 42.5 Å². The van der Waals surface area contributed by atoms with Crippen LogP contribution in [0.1, 0.15) is 37.2 Å². The molecule has 0 amide bonds. The van der Waals surface area contributed by atoms with Gasteiger partial charge in [-0.15, -0.1) is 0 Å². The predicted octanol–water partition coefficient (Wildman–Crippen LogP) is 2.97. The molecule has 0 spiro atoms. The van der Waals surface area contributed by atoms with Gasteiger partial charge in [0.2, 0.25) is 5.88 Å². The molecule has 3 aromatic rings. The molecule has 0 unspecified atom stereocenters. The molecule has 0 bridgehead atoms. The standard InChI is InChI=1S/C18H21N4O4P/c23-18-16-17(19-10-20-18)22(11-21-16)15-7-5-14(6-8-15)13-3-1-12(2-4-13)9-27(24,25)26/h5-8,10-13H,1-4,9H2,(H,19,20,23)(H2,24,25,26)/t12-,13-. The molecule has 1 saturated carbocycles. The van der Waals surface area contributed by atoms with Gasteiger partial charge in [0.05, 0.1) is 6.16 Å². The second kappa shape index (κ2) is 7.03. The minimum absolute atomic E-state index is 0.00106. The van der Waals surface area contributed by atoms with Gasteiger partial charge in [0.1, 0.15) is 12.7 Å². The first-order valence-corrected chi connectivity index (χ1v) is 10.7. The third kappa shape index (κ3) is 3.88. The smallest absolute Gasteiger partial charge is 0.325 e. The van der Waals surface area contributed by atoms with E-state index >= 15 is 0 Å². The van der Waals surface area contributed by atoms with Crippen LogP contribution in [0.2, 0.25) is 0 Å². The number of aromatic nitrogens is 4. The molecule has 0 aliphatic heterocycles. The number of imidazole rings is 1. The first kappa shape index (κ1) is 18.1. The van der Waals surface area contributed by atoms with Crippen LogP contribution in [0.3, 0.4) is 0 Å². The van der Waals surface area contributed by atoms with Gasteiger partial charge in [-0.3, -0.25) is 9.13 Å². The number of rotatable bonds is 4. The van der Waals surface area contributed by atoms with E-state index < -0.39 is 7.60 Å². The topological polar surface area (TPSA) is 121 Å². The van der Waals surface area contributed by atoms with Crippen LogP contribution in [0.15, 0.2) is 36.9 Å². The highest BCUT2D eigenvalue weighted by Crippen LogP contribution is 2.44. The van der Waals surface area contributed by atoms with Crippen molar-refractivity contribution in [2.75, 3.05) is 6.16 Å². The summed E-state index contributed by atoms with van der Waals surface area (Å²) in [5, 5.41) is 9.76. The second-order valence-electron chi connectivity index (χ2n) is 7.14. The van der Waals surface area contributed by atoms with E-state index in [0.717, 1.165) is 31.4 Å². The Morgan fingerprint density at radius 1 is 1.04 bits per heavy atom. The summed E-state index contributed by atoms with van der Waals surface area (Å²) in [5.41, 5.74) is 3.04. The van der Waals surface area contributed by atoms with Crippen molar-refractivity contribution in [1.29, 1.82) is 0 Å². The minimum atomic E-state index is -3.92.